The number of hydrogen-bond donors (Lipinski definition) is 1. The van der Waals surface area contributed by atoms with Gasteiger partial charge in [-0.25, -0.2) is 9.78 Å². The Morgan fingerprint density at radius 1 is 1.42 bits per heavy atom. The van der Waals surface area contributed by atoms with Crippen molar-refractivity contribution >= 4 is 27.8 Å². The first-order valence-electron chi connectivity index (χ1n) is 5.77. The lowest BCUT2D eigenvalue weighted by molar-refractivity contribution is 0.121. The lowest BCUT2D eigenvalue weighted by Gasteiger charge is -2.14. The van der Waals surface area contributed by atoms with Gasteiger partial charge >= 0.3 is 6.09 Å². The van der Waals surface area contributed by atoms with Gasteiger partial charge in [-0.3, -0.25) is 5.32 Å². The molecule has 0 radical (unpaired) electrons. The van der Waals surface area contributed by atoms with Gasteiger partial charge in [0.1, 0.15) is 16.5 Å². The molecule has 2 aromatic rings. The number of halogens is 1. The van der Waals surface area contributed by atoms with Crippen LogP contribution in [0.25, 0.3) is 0 Å². The minimum absolute atomic E-state index is 0.312. The quantitative estimate of drug-likeness (QED) is 0.940. The summed E-state index contributed by atoms with van der Waals surface area (Å²) in [7, 11) is 1.79. The van der Waals surface area contributed by atoms with Gasteiger partial charge in [-0.2, -0.15) is 0 Å². The van der Waals surface area contributed by atoms with Crippen LogP contribution in [0.4, 0.5) is 10.6 Å². The van der Waals surface area contributed by atoms with E-state index in [-0.39, 0.29) is 6.10 Å². The van der Waals surface area contributed by atoms with Crippen LogP contribution in [0.2, 0.25) is 0 Å². The number of carbonyl (C=O) groups is 1. The average molecular weight is 324 g/mol. The predicted octanol–water partition coefficient (Wildman–Crippen LogP) is 3.49. The van der Waals surface area contributed by atoms with E-state index in [1.807, 2.05) is 37.3 Å². The molecule has 0 aliphatic heterocycles. The van der Waals surface area contributed by atoms with Crippen LogP contribution in [0.1, 0.15) is 18.6 Å². The number of imidazole rings is 1. The summed E-state index contributed by atoms with van der Waals surface area (Å²) in [4.78, 5) is 15.8. The molecule has 100 valence electrons. The third-order valence-corrected chi connectivity index (χ3v) is 3.25. The summed E-state index contributed by atoms with van der Waals surface area (Å²) in [6.07, 6.45) is 0.772. The molecule has 0 spiro atoms. The number of aromatic nitrogens is 2. The number of ether oxygens (including phenoxy) is 1. The highest BCUT2D eigenvalue weighted by Gasteiger charge is 2.14. The molecule has 1 aromatic carbocycles. The second-order valence-electron chi connectivity index (χ2n) is 4.08. The van der Waals surface area contributed by atoms with E-state index in [1.165, 1.54) is 0 Å². The molecule has 0 saturated heterocycles. The second kappa shape index (κ2) is 5.88. The van der Waals surface area contributed by atoms with Crippen LogP contribution in [-0.2, 0) is 11.8 Å². The first kappa shape index (κ1) is 13.6. The molecule has 1 amide bonds. The molecule has 5 nitrogen and oxygen atoms in total. The van der Waals surface area contributed by atoms with Crippen molar-refractivity contribution in [3.8, 4) is 0 Å². The fraction of sp³-hybridized carbons (Fsp3) is 0.231. The summed E-state index contributed by atoms with van der Waals surface area (Å²) in [6, 6.07) is 9.56. The van der Waals surface area contributed by atoms with Crippen molar-refractivity contribution in [3.05, 3.63) is 46.8 Å². The zero-order chi connectivity index (χ0) is 13.8. The highest BCUT2D eigenvalue weighted by atomic mass is 79.9. The normalized spacial score (nSPS) is 11.9. The van der Waals surface area contributed by atoms with Gasteiger partial charge in [0.15, 0.2) is 0 Å². The van der Waals surface area contributed by atoms with Gasteiger partial charge in [0.25, 0.3) is 0 Å². The van der Waals surface area contributed by atoms with Crippen LogP contribution in [0.15, 0.2) is 41.3 Å². The summed E-state index contributed by atoms with van der Waals surface area (Å²) in [5.41, 5.74) is 0.946. The van der Waals surface area contributed by atoms with Gasteiger partial charge in [0.05, 0.1) is 6.33 Å². The molecular formula is C13H14BrN3O2. The van der Waals surface area contributed by atoms with E-state index in [9.17, 15) is 4.79 Å². The monoisotopic (exact) mass is 323 g/mol. The molecule has 19 heavy (non-hydrogen) atoms. The van der Waals surface area contributed by atoms with E-state index < -0.39 is 6.09 Å². The Labute approximate surface area is 119 Å². The van der Waals surface area contributed by atoms with Crippen LogP contribution in [0, 0.1) is 0 Å². The van der Waals surface area contributed by atoms with Crippen molar-refractivity contribution in [1.82, 2.24) is 9.55 Å². The molecule has 1 N–H and O–H groups in total. The fourth-order valence-corrected chi connectivity index (χ4v) is 2.09. The van der Waals surface area contributed by atoms with Crippen molar-refractivity contribution in [2.75, 3.05) is 5.32 Å². The Hall–Kier alpha value is -1.82. The zero-order valence-electron chi connectivity index (χ0n) is 10.6. The zero-order valence-corrected chi connectivity index (χ0v) is 12.2. The maximum Gasteiger partial charge on any atom is 0.413 e. The lowest BCUT2D eigenvalue weighted by atomic mass is 10.1. The van der Waals surface area contributed by atoms with E-state index in [1.54, 1.807) is 17.9 Å². The molecule has 1 heterocycles. The van der Waals surface area contributed by atoms with Crippen molar-refractivity contribution in [2.24, 2.45) is 7.05 Å². The number of benzene rings is 1. The summed E-state index contributed by atoms with van der Waals surface area (Å²) < 4.78 is 7.57. The van der Waals surface area contributed by atoms with Crippen molar-refractivity contribution in [2.45, 2.75) is 13.0 Å². The van der Waals surface area contributed by atoms with E-state index in [0.29, 0.717) is 10.4 Å². The first-order chi connectivity index (χ1) is 9.08. The number of nitrogens with zero attached hydrogens (tertiary/aromatic N) is 2. The topological polar surface area (TPSA) is 56.1 Å². The highest BCUT2D eigenvalue weighted by Crippen LogP contribution is 2.21. The summed E-state index contributed by atoms with van der Waals surface area (Å²) in [5.74, 6) is 0.560. The van der Waals surface area contributed by atoms with Crippen molar-refractivity contribution in [3.63, 3.8) is 0 Å². The standard InChI is InChI=1S/C13H14BrN3O2/c1-9(10-6-4-3-5-7-10)19-13(18)16-12-11(14)15-8-17(12)2/h3-9H,1-2H3,(H,16,18)/t9-/m1/s1. The molecule has 1 atom stereocenters. The Kier molecular flexibility index (Phi) is 4.21. The van der Waals surface area contributed by atoms with Gasteiger partial charge < -0.3 is 9.30 Å². The molecule has 0 aliphatic carbocycles. The SMILES string of the molecule is C[C@@H](OC(=O)Nc1c(Br)ncn1C)c1ccccc1. The summed E-state index contributed by atoms with van der Waals surface area (Å²) >= 11 is 3.25. The molecule has 0 aliphatic rings. The van der Waals surface area contributed by atoms with E-state index in [2.05, 4.69) is 26.2 Å². The Bertz CT molecular complexity index is 549. The summed E-state index contributed by atoms with van der Waals surface area (Å²) in [5, 5.41) is 2.65. The number of carbonyl (C=O) groups excluding carboxylic acids is 1. The Balaban J connectivity index is 1.99. The largest absolute Gasteiger partial charge is 0.441 e. The van der Waals surface area contributed by atoms with Crippen LogP contribution < -0.4 is 5.32 Å². The molecule has 2 rings (SSSR count). The number of anilines is 1. The lowest BCUT2D eigenvalue weighted by Crippen LogP contribution is -2.17. The first-order valence-corrected chi connectivity index (χ1v) is 6.56. The van der Waals surface area contributed by atoms with Gasteiger partial charge in [-0.05, 0) is 28.4 Å². The fourth-order valence-electron chi connectivity index (χ4n) is 1.62. The third kappa shape index (κ3) is 3.35. The minimum atomic E-state index is -0.513. The number of nitrogens with one attached hydrogen (secondary N) is 1. The molecular weight excluding hydrogens is 310 g/mol. The molecule has 0 fully saturated rings. The summed E-state index contributed by atoms with van der Waals surface area (Å²) in [6.45, 7) is 1.83. The minimum Gasteiger partial charge on any atom is -0.441 e. The Morgan fingerprint density at radius 3 is 2.68 bits per heavy atom. The molecule has 6 heteroatoms. The van der Waals surface area contributed by atoms with Crippen molar-refractivity contribution < 1.29 is 9.53 Å². The van der Waals surface area contributed by atoms with Crippen LogP contribution in [0.5, 0.6) is 0 Å². The van der Waals surface area contributed by atoms with Gasteiger partial charge in [0, 0.05) is 7.05 Å². The predicted molar refractivity (Wildman–Crippen MR) is 75.9 cm³/mol. The van der Waals surface area contributed by atoms with Crippen LogP contribution in [-0.4, -0.2) is 15.6 Å². The highest BCUT2D eigenvalue weighted by molar-refractivity contribution is 9.10. The second-order valence-corrected chi connectivity index (χ2v) is 4.83. The molecule has 0 bridgehead atoms. The average Bonchev–Trinajstić information content (AvgIpc) is 2.71. The van der Waals surface area contributed by atoms with Gasteiger partial charge in [-0.1, -0.05) is 30.3 Å². The van der Waals surface area contributed by atoms with Crippen molar-refractivity contribution in [1.29, 1.82) is 0 Å². The van der Waals surface area contributed by atoms with Gasteiger partial charge in [-0.15, -0.1) is 0 Å². The van der Waals surface area contributed by atoms with Crippen LogP contribution in [0.3, 0.4) is 0 Å². The van der Waals surface area contributed by atoms with E-state index >= 15 is 0 Å². The van der Waals surface area contributed by atoms with Crippen LogP contribution >= 0.6 is 15.9 Å². The molecule has 0 unspecified atom stereocenters. The molecule has 0 saturated carbocycles. The van der Waals surface area contributed by atoms with E-state index in [4.69, 9.17) is 4.74 Å². The number of rotatable bonds is 3. The maximum absolute atomic E-state index is 11.8. The third-order valence-electron chi connectivity index (χ3n) is 2.67. The molecule has 1 aromatic heterocycles. The van der Waals surface area contributed by atoms with E-state index in [0.717, 1.165) is 5.56 Å². The van der Waals surface area contributed by atoms with Gasteiger partial charge in [0.2, 0.25) is 0 Å². The Morgan fingerprint density at radius 2 is 2.11 bits per heavy atom. The number of hydrogen-bond acceptors (Lipinski definition) is 3. The number of aryl methyl sites for hydroxylation is 1. The maximum atomic E-state index is 11.8. The smallest absolute Gasteiger partial charge is 0.413 e. The number of amides is 1.